The van der Waals surface area contributed by atoms with E-state index in [1.165, 1.54) is 18.4 Å². The van der Waals surface area contributed by atoms with Crippen LogP contribution in [0, 0.1) is 0 Å². The average molecular weight is 355 g/mol. The number of hydrogen-bond donors (Lipinski definition) is 0. The van der Waals surface area contributed by atoms with Crippen molar-refractivity contribution in [1.82, 2.24) is 14.9 Å². The van der Waals surface area contributed by atoms with Crippen molar-refractivity contribution in [2.24, 2.45) is 0 Å². The minimum absolute atomic E-state index is 0.430. The van der Waals surface area contributed by atoms with Crippen molar-refractivity contribution in [3.05, 3.63) is 42.1 Å². The van der Waals surface area contributed by atoms with Gasteiger partial charge in [0.25, 0.3) is 0 Å². The minimum atomic E-state index is 0.430. The van der Waals surface area contributed by atoms with E-state index in [0.29, 0.717) is 6.04 Å². The molecule has 6 heteroatoms. The van der Waals surface area contributed by atoms with E-state index in [1.807, 2.05) is 43.4 Å². The molecule has 140 valence electrons. The smallest absolute Gasteiger partial charge is 0.227 e. The molecule has 1 saturated heterocycles. The number of methoxy groups -OCH3 is 1. The molecular formula is C20H29N5O. The molecule has 0 amide bonds. The number of likely N-dealkylation sites (N-methyl/N-ethyl adjacent to an activating group) is 1. The molecule has 26 heavy (non-hydrogen) atoms. The molecule has 0 N–H and O–H groups in total. The zero-order chi connectivity index (χ0) is 18.5. The van der Waals surface area contributed by atoms with Gasteiger partial charge in [0.1, 0.15) is 11.6 Å². The van der Waals surface area contributed by atoms with Crippen LogP contribution in [0.5, 0.6) is 5.75 Å². The van der Waals surface area contributed by atoms with Crippen LogP contribution < -0.4 is 14.5 Å². The molecule has 0 saturated carbocycles. The highest BCUT2D eigenvalue weighted by molar-refractivity contribution is 5.42. The maximum absolute atomic E-state index is 5.25. The summed E-state index contributed by atoms with van der Waals surface area (Å²) in [4.78, 5) is 15.9. The number of rotatable bonds is 6. The maximum atomic E-state index is 5.25. The SMILES string of the molecule is COc1ccc(CN2CCCC(N(C)c3nccc(N(C)C)n3)C2)cc1. The van der Waals surface area contributed by atoms with Gasteiger partial charge in [-0.15, -0.1) is 0 Å². The van der Waals surface area contributed by atoms with Gasteiger partial charge in [-0.2, -0.15) is 4.98 Å². The van der Waals surface area contributed by atoms with Gasteiger partial charge in [0.15, 0.2) is 0 Å². The van der Waals surface area contributed by atoms with Gasteiger partial charge in [-0.1, -0.05) is 12.1 Å². The minimum Gasteiger partial charge on any atom is -0.497 e. The largest absolute Gasteiger partial charge is 0.497 e. The molecule has 0 bridgehead atoms. The molecule has 1 atom stereocenters. The molecule has 1 aromatic heterocycles. The molecule has 0 spiro atoms. The Hall–Kier alpha value is -2.34. The van der Waals surface area contributed by atoms with Crippen molar-refractivity contribution >= 4 is 11.8 Å². The van der Waals surface area contributed by atoms with E-state index in [0.717, 1.165) is 37.1 Å². The molecular weight excluding hydrogens is 326 g/mol. The highest BCUT2D eigenvalue weighted by Gasteiger charge is 2.25. The van der Waals surface area contributed by atoms with Gasteiger partial charge in [0.05, 0.1) is 7.11 Å². The van der Waals surface area contributed by atoms with Crippen molar-refractivity contribution < 1.29 is 4.74 Å². The van der Waals surface area contributed by atoms with Crippen molar-refractivity contribution in [3.8, 4) is 5.75 Å². The Balaban J connectivity index is 1.64. The molecule has 1 unspecified atom stereocenters. The lowest BCUT2D eigenvalue weighted by Crippen LogP contribution is -2.46. The fourth-order valence-corrected chi connectivity index (χ4v) is 3.40. The average Bonchev–Trinajstić information content (AvgIpc) is 2.68. The molecule has 1 aliphatic rings. The number of piperidine rings is 1. The molecule has 2 aromatic rings. The van der Waals surface area contributed by atoms with E-state index >= 15 is 0 Å². The third-order valence-corrected chi connectivity index (χ3v) is 5.00. The van der Waals surface area contributed by atoms with Gasteiger partial charge in [0, 0.05) is 46.5 Å². The Morgan fingerprint density at radius 3 is 2.62 bits per heavy atom. The first-order valence-electron chi connectivity index (χ1n) is 9.15. The van der Waals surface area contributed by atoms with Crippen LogP contribution in [0.1, 0.15) is 18.4 Å². The monoisotopic (exact) mass is 355 g/mol. The number of benzene rings is 1. The van der Waals surface area contributed by atoms with E-state index in [1.54, 1.807) is 7.11 Å². The fourth-order valence-electron chi connectivity index (χ4n) is 3.40. The number of ether oxygens (including phenoxy) is 1. The Morgan fingerprint density at radius 1 is 1.15 bits per heavy atom. The van der Waals surface area contributed by atoms with Crippen LogP contribution in [0.3, 0.4) is 0 Å². The lowest BCUT2D eigenvalue weighted by atomic mass is 10.0. The summed E-state index contributed by atoms with van der Waals surface area (Å²) in [6.07, 6.45) is 4.20. The standard InChI is InChI=1S/C20H29N5O/c1-23(2)19-11-12-21-20(22-19)24(3)17-6-5-13-25(15-17)14-16-7-9-18(26-4)10-8-16/h7-12,17H,5-6,13-15H2,1-4H3. The normalized spacial score (nSPS) is 17.8. The van der Waals surface area contributed by atoms with Crippen molar-refractivity contribution in [1.29, 1.82) is 0 Å². The van der Waals surface area contributed by atoms with Crippen LogP contribution in [-0.4, -0.2) is 62.3 Å². The van der Waals surface area contributed by atoms with E-state index < -0.39 is 0 Å². The van der Waals surface area contributed by atoms with Crippen LogP contribution >= 0.6 is 0 Å². The highest BCUT2D eigenvalue weighted by Crippen LogP contribution is 2.22. The first kappa shape index (κ1) is 18.5. The molecule has 1 aliphatic heterocycles. The van der Waals surface area contributed by atoms with Crippen LogP contribution in [-0.2, 0) is 6.54 Å². The number of hydrogen-bond acceptors (Lipinski definition) is 6. The van der Waals surface area contributed by atoms with E-state index in [9.17, 15) is 0 Å². The molecule has 3 rings (SSSR count). The van der Waals surface area contributed by atoms with E-state index in [2.05, 4.69) is 38.9 Å². The Labute approximate surface area is 156 Å². The van der Waals surface area contributed by atoms with E-state index in [4.69, 9.17) is 4.74 Å². The summed E-state index contributed by atoms with van der Waals surface area (Å²) < 4.78 is 5.25. The zero-order valence-electron chi connectivity index (χ0n) is 16.2. The predicted octanol–water partition coefficient (Wildman–Crippen LogP) is 2.65. The predicted molar refractivity (Wildman–Crippen MR) is 106 cm³/mol. The maximum Gasteiger partial charge on any atom is 0.227 e. The van der Waals surface area contributed by atoms with Crippen molar-refractivity contribution in [2.75, 3.05) is 51.1 Å². The third kappa shape index (κ3) is 4.43. The molecule has 1 fully saturated rings. The van der Waals surface area contributed by atoms with Gasteiger partial charge in [-0.05, 0) is 43.1 Å². The van der Waals surface area contributed by atoms with Crippen LogP contribution in [0.4, 0.5) is 11.8 Å². The number of likely N-dealkylation sites (tertiary alicyclic amines) is 1. The second kappa shape index (κ2) is 8.36. The number of aromatic nitrogens is 2. The third-order valence-electron chi connectivity index (χ3n) is 5.00. The summed E-state index contributed by atoms with van der Waals surface area (Å²) in [6.45, 7) is 3.12. The van der Waals surface area contributed by atoms with Crippen molar-refractivity contribution in [2.45, 2.75) is 25.4 Å². The summed E-state index contributed by atoms with van der Waals surface area (Å²) >= 11 is 0. The summed E-state index contributed by atoms with van der Waals surface area (Å²) in [5, 5.41) is 0. The van der Waals surface area contributed by atoms with Gasteiger partial charge in [0.2, 0.25) is 5.95 Å². The van der Waals surface area contributed by atoms with Crippen LogP contribution in [0.25, 0.3) is 0 Å². The Morgan fingerprint density at radius 2 is 1.92 bits per heavy atom. The first-order valence-corrected chi connectivity index (χ1v) is 9.15. The Kier molecular flexibility index (Phi) is 5.93. The molecule has 2 heterocycles. The molecule has 0 aliphatic carbocycles. The molecule has 6 nitrogen and oxygen atoms in total. The summed E-state index contributed by atoms with van der Waals surface area (Å²) in [6, 6.07) is 10.7. The zero-order valence-corrected chi connectivity index (χ0v) is 16.2. The second-order valence-electron chi connectivity index (χ2n) is 7.10. The quantitative estimate of drug-likeness (QED) is 0.794. The Bertz CT molecular complexity index is 704. The number of nitrogens with zero attached hydrogens (tertiary/aromatic N) is 5. The van der Waals surface area contributed by atoms with Gasteiger partial charge >= 0.3 is 0 Å². The molecule has 1 aromatic carbocycles. The van der Waals surface area contributed by atoms with Crippen LogP contribution in [0.15, 0.2) is 36.5 Å². The lowest BCUT2D eigenvalue weighted by molar-refractivity contribution is 0.198. The lowest BCUT2D eigenvalue weighted by Gasteiger charge is -2.37. The highest BCUT2D eigenvalue weighted by atomic mass is 16.5. The summed E-state index contributed by atoms with van der Waals surface area (Å²) in [5.74, 6) is 2.64. The van der Waals surface area contributed by atoms with Crippen LogP contribution in [0.2, 0.25) is 0 Å². The van der Waals surface area contributed by atoms with E-state index in [-0.39, 0.29) is 0 Å². The van der Waals surface area contributed by atoms with Gasteiger partial charge < -0.3 is 14.5 Å². The fraction of sp³-hybridized carbons (Fsp3) is 0.500. The second-order valence-corrected chi connectivity index (χ2v) is 7.10. The topological polar surface area (TPSA) is 44.7 Å². The molecule has 0 radical (unpaired) electrons. The van der Waals surface area contributed by atoms with Gasteiger partial charge in [-0.25, -0.2) is 4.98 Å². The first-order chi connectivity index (χ1) is 12.6. The van der Waals surface area contributed by atoms with Gasteiger partial charge in [-0.3, -0.25) is 4.90 Å². The number of anilines is 2. The summed E-state index contributed by atoms with van der Waals surface area (Å²) in [5.41, 5.74) is 1.32. The summed E-state index contributed by atoms with van der Waals surface area (Å²) in [7, 11) is 7.82. The van der Waals surface area contributed by atoms with Crippen molar-refractivity contribution in [3.63, 3.8) is 0 Å².